The van der Waals surface area contributed by atoms with Crippen molar-refractivity contribution in [3.8, 4) is 0 Å². The van der Waals surface area contributed by atoms with Crippen LogP contribution in [0.1, 0.15) is 5.56 Å². The molecule has 0 atom stereocenters. The van der Waals surface area contributed by atoms with E-state index in [-0.39, 0.29) is 5.56 Å². The summed E-state index contributed by atoms with van der Waals surface area (Å²) >= 11 is 0. The standard InChI is InChI=1S/C8H9NO2/c1-11-5-4-7-2-3-8(10)9-6-7/h2-6H,1H3,(H,9,10)/b5-4+. The van der Waals surface area contributed by atoms with Crippen molar-refractivity contribution in [3.63, 3.8) is 0 Å². The van der Waals surface area contributed by atoms with Gasteiger partial charge in [-0.25, -0.2) is 0 Å². The van der Waals surface area contributed by atoms with Gasteiger partial charge >= 0.3 is 0 Å². The number of nitrogens with one attached hydrogen (secondary N) is 1. The Bertz CT molecular complexity index is 281. The van der Waals surface area contributed by atoms with Crippen molar-refractivity contribution >= 4 is 6.08 Å². The van der Waals surface area contributed by atoms with Crippen LogP contribution in [0.15, 0.2) is 29.4 Å². The molecular weight excluding hydrogens is 142 g/mol. The van der Waals surface area contributed by atoms with Crippen molar-refractivity contribution in [1.29, 1.82) is 0 Å². The van der Waals surface area contributed by atoms with E-state index in [2.05, 4.69) is 4.98 Å². The second-order valence-corrected chi connectivity index (χ2v) is 2.02. The van der Waals surface area contributed by atoms with Crippen molar-refractivity contribution < 1.29 is 4.74 Å². The van der Waals surface area contributed by atoms with Gasteiger partial charge in [0.15, 0.2) is 0 Å². The molecule has 1 heterocycles. The molecule has 0 fully saturated rings. The number of methoxy groups -OCH3 is 1. The Balaban J connectivity index is 2.82. The molecule has 0 saturated heterocycles. The first-order valence-electron chi connectivity index (χ1n) is 3.21. The lowest BCUT2D eigenvalue weighted by atomic mass is 10.3. The lowest BCUT2D eigenvalue weighted by Crippen LogP contribution is -2.01. The third kappa shape index (κ3) is 2.29. The molecule has 0 radical (unpaired) electrons. The Kier molecular flexibility index (Phi) is 2.49. The van der Waals surface area contributed by atoms with E-state index in [0.29, 0.717) is 0 Å². The van der Waals surface area contributed by atoms with Crippen molar-refractivity contribution in [2.75, 3.05) is 7.11 Å². The van der Waals surface area contributed by atoms with Crippen LogP contribution in [-0.4, -0.2) is 12.1 Å². The van der Waals surface area contributed by atoms with E-state index >= 15 is 0 Å². The first-order chi connectivity index (χ1) is 5.33. The molecule has 3 heteroatoms. The smallest absolute Gasteiger partial charge is 0.247 e. The molecule has 0 aliphatic carbocycles. The summed E-state index contributed by atoms with van der Waals surface area (Å²) in [6.45, 7) is 0. The average molecular weight is 151 g/mol. The zero-order valence-corrected chi connectivity index (χ0v) is 6.20. The van der Waals surface area contributed by atoms with Crippen molar-refractivity contribution in [2.45, 2.75) is 0 Å². The van der Waals surface area contributed by atoms with Crippen LogP contribution in [0.25, 0.3) is 6.08 Å². The molecule has 1 N–H and O–H groups in total. The molecule has 3 nitrogen and oxygen atoms in total. The maximum atomic E-state index is 10.6. The molecule has 0 unspecified atom stereocenters. The van der Waals surface area contributed by atoms with Crippen LogP contribution in [-0.2, 0) is 4.74 Å². The van der Waals surface area contributed by atoms with Gasteiger partial charge in [-0.3, -0.25) is 4.79 Å². The first kappa shape index (κ1) is 7.60. The number of aromatic nitrogens is 1. The number of hydrogen-bond donors (Lipinski definition) is 1. The number of pyridine rings is 1. The van der Waals surface area contributed by atoms with Crippen LogP contribution in [0.4, 0.5) is 0 Å². The van der Waals surface area contributed by atoms with Crippen molar-refractivity contribution in [3.05, 3.63) is 40.5 Å². The number of H-pyrrole nitrogens is 1. The molecule has 11 heavy (non-hydrogen) atoms. The van der Waals surface area contributed by atoms with Gasteiger partial charge in [0.1, 0.15) is 0 Å². The van der Waals surface area contributed by atoms with E-state index in [9.17, 15) is 4.79 Å². The third-order valence-corrected chi connectivity index (χ3v) is 1.20. The molecule has 1 aromatic heterocycles. The van der Waals surface area contributed by atoms with Crippen LogP contribution >= 0.6 is 0 Å². The molecule has 0 bridgehead atoms. The molecule has 0 aliphatic rings. The zero-order valence-electron chi connectivity index (χ0n) is 6.20. The van der Waals surface area contributed by atoms with Gasteiger partial charge in [0.05, 0.1) is 13.4 Å². The summed E-state index contributed by atoms with van der Waals surface area (Å²) in [6, 6.07) is 3.18. The summed E-state index contributed by atoms with van der Waals surface area (Å²) < 4.78 is 4.70. The molecule has 0 aliphatic heterocycles. The number of rotatable bonds is 2. The first-order valence-corrected chi connectivity index (χ1v) is 3.21. The Labute approximate surface area is 64.3 Å². The summed E-state index contributed by atoms with van der Waals surface area (Å²) in [5, 5.41) is 0. The molecule has 1 rings (SSSR count). The molecule has 1 aromatic rings. The van der Waals surface area contributed by atoms with Crippen LogP contribution in [0.5, 0.6) is 0 Å². The Hall–Kier alpha value is -1.51. The van der Waals surface area contributed by atoms with Gasteiger partial charge in [0.25, 0.3) is 0 Å². The van der Waals surface area contributed by atoms with Crippen LogP contribution < -0.4 is 5.56 Å². The van der Waals surface area contributed by atoms with Gasteiger partial charge < -0.3 is 9.72 Å². The topological polar surface area (TPSA) is 42.1 Å². The number of aromatic amines is 1. The minimum Gasteiger partial charge on any atom is -0.504 e. The van der Waals surface area contributed by atoms with Gasteiger partial charge in [0.2, 0.25) is 5.56 Å². The largest absolute Gasteiger partial charge is 0.504 e. The zero-order chi connectivity index (χ0) is 8.10. The highest BCUT2D eigenvalue weighted by Crippen LogP contribution is 1.95. The van der Waals surface area contributed by atoms with Crippen LogP contribution in [0.3, 0.4) is 0 Å². The van der Waals surface area contributed by atoms with Gasteiger partial charge in [-0.1, -0.05) is 0 Å². The van der Waals surface area contributed by atoms with Crippen molar-refractivity contribution in [2.24, 2.45) is 0 Å². The molecule has 0 aromatic carbocycles. The summed E-state index contributed by atoms with van der Waals surface area (Å²) in [7, 11) is 1.57. The van der Waals surface area contributed by atoms with E-state index in [1.54, 1.807) is 31.7 Å². The maximum absolute atomic E-state index is 10.6. The summed E-state index contributed by atoms with van der Waals surface area (Å²) in [4.78, 5) is 13.1. The number of ether oxygens (including phenoxy) is 1. The molecule has 0 spiro atoms. The second-order valence-electron chi connectivity index (χ2n) is 2.02. The molecule has 0 amide bonds. The number of hydrogen-bond acceptors (Lipinski definition) is 2. The predicted molar refractivity (Wildman–Crippen MR) is 43.1 cm³/mol. The lowest BCUT2D eigenvalue weighted by molar-refractivity contribution is 0.341. The molecular formula is C8H9NO2. The fourth-order valence-corrected chi connectivity index (χ4v) is 0.673. The fourth-order valence-electron chi connectivity index (χ4n) is 0.673. The predicted octanol–water partition coefficient (Wildman–Crippen LogP) is 0.992. The van der Waals surface area contributed by atoms with E-state index < -0.39 is 0 Å². The van der Waals surface area contributed by atoms with Crippen LogP contribution in [0.2, 0.25) is 0 Å². The summed E-state index contributed by atoms with van der Waals surface area (Å²) in [5.74, 6) is 0. The average Bonchev–Trinajstić information content (AvgIpc) is 2.04. The summed E-state index contributed by atoms with van der Waals surface area (Å²) in [6.07, 6.45) is 4.93. The lowest BCUT2D eigenvalue weighted by Gasteiger charge is -1.89. The summed E-state index contributed by atoms with van der Waals surface area (Å²) in [5.41, 5.74) is 0.811. The molecule has 0 saturated carbocycles. The second kappa shape index (κ2) is 3.61. The Morgan fingerprint density at radius 1 is 1.55 bits per heavy atom. The highest BCUT2D eigenvalue weighted by atomic mass is 16.5. The highest BCUT2D eigenvalue weighted by molar-refractivity contribution is 5.45. The van der Waals surface area contributed by atoms with Gasteiger partial charge in [-0.05, 0) is 17.7 Å². The van der Waals surface area contributed by atoms with Gasteiger partial charge in [0, 0.05) is 12.3 Å². The van der Waals surface area contributed by atoms with E-state index in [0.717, 1.165) is 5.56 Å². The maximum Gasteiger partial charge on any atom is 0.247 e. The third-order valence-electron chi connectivity index (χ3n) is 1.20. The SMILES string of the molecule is CO/C=C/c1ccc(=O)[nH]c1. The fraction of sp³-hybridized carbons (Fsp3) is 0.125. The highest BCUT2D eigenvalue weighted by Gasteiger charge is 1.84. The van der Waals surface area contributed by atoms with Gasteiger partial charge in [-0.2, -0.15) is 0 Å². The van der Waals surface area contributed by atoms with Crippen LogP contribution in [0, 0.1) is 0 Å². The quantitative estimate of drug-likeness (QED) is 0.640. The van der Waals surface area contributed by atoms with E-state index in [1.807, 2.05) is 0 Å². The minimum absolute atomic E-state index is 0.0976. The minimum atomic E-state index is -0.0976. The van der Waals surface area contributed by atoms with Gasteiger partial charge in [-0.15, -0.1) is 0 Å². The van der Waals surface area contributed by atoms with E-state index in [1.165, 1.54) is 6.07 Å². The van der Waals surface area contributed by atoms with E-state index in [4.69, 9.17) is 4.74 Å². The monoisotopic (exact) mass is 151 g/mol. The normalized spacial score (nSPS) is 10.3. The Morgan fingerprint density at radius 2 is 2.36 bits per heavy atom. The molecule has 58 valence electrons. The Morgan fingerprint density at radius 3 is 2.91 bits per heavy atom. The van der Waals surface area contributed by atoms with Crippen molar-refractivity contribution in [1.82, 2.24) is 4.98 Å².